The lowest BCUT2D eigenvalue weighted by Gasteiger charge is -2.36. The molecule has 7 heteroatoms. The molecule has 2 heterocycles. The molecule has 6 nitrogen and oxygen atoms in total. The number of hydrogen-bond donors (Lipinski definition) is 0. The van der Waals surface area contributed by atoms with Crippen molar-refractivity contribution in [2.75, 3.05) is 50.1 Å². The third-order valence-corrected chi connectivity index (χ3v) is 8.37. The van der Waals surface area contributed by atoms with Gasteiger partial charge < -0.3 is 9.80 Å². The molecule has 0 saturated carbocycles. The first kappa shape index (κ1) is 21.7. The Labute approximate surface area is 195 Å². The number of sulfonamides is 1. The number of aryl methyl sites for hydroxylation is 1. The van der Waals surface area contributed by atoms with Crippen molar-refractivity contribution >= 4 is 43.1 Å². The summed E-state index contributed by atoms with van der Waals surface area (Å²) in [4.78, 5) is 9.15. The molecule has 0 radical (unpaired) electrons. The number of rotatable bonds is 4. The Bertz CT molecular complexity index is 1440. The molecule has 0 atom stereocenters. The van der Waals surface area contributed by atoms with E-state index in [0.717, 1.165) is 33.1 Å². The van der Waals surface area contributed by atoms with Crippen LogP contribution in [0.1, 0.15) is 5.56 Å². The molecular weight excluding hydrogens is 432 g/mol. The lowest BCUT2D eigenvalue weighted by Crippen LogP contribution is -2.48. The predicted molar refractivity (Wildman–Crippen MR) is 136 cm³/mol. The Morgan fingerprint density at radius 1 is 0.848 bits per heavy atom. The van der Waals surface area contributed by atoms with Gasteiger partial charge in [-0.25, -0.2) is 8.42 Å². The Hall–Kier alpha value is -3.16. The summed E-state index contributed by atoms with van der Waals surface area (Å²) in [5.41, 5.74) is 4.26. The van der Waals surface area contributed by atoms with Crippen molar-refractivity contribution in [2.45, 2.75) is 11.8 Å². The van der Waals surface area contributed by atoms with Gasteiger partial charge in [0.1, 0.15) is 0 Å². The molecule has 0 spiro atoms. The van der Waals surface area contributed by atoms with Crippen LogP contribution < -0.4 is 9.80 Å². The van der Waals surface area contributed by atoms with Crippen molar-refractivity contribution in [1.29, 1.82) is 0 Å². The van der Waals surface area contributed by atoms with Crippen molar-refractivity contribution in [2.24, 2.45) is 0 Å². The third-order valence-electron chi connectivity index (χ3n) is 6.41. The number of anilines is 2. The Morgan fingerprint density at radius 3 is 2.33 bits per heavy atom. The van der Waals surface area contributed by atoms with E-state index in [-0.39, 0.29) is 0 Å². The molecule has 4 aromatic rings. The van der Waals surface area contributed by atoms with Gasteiger partial charge in [-0.1, -0.05) is 36.4 Å². The Kier molecular flexibility index (Phi) is 5.46. The van der Waals surface area contributed by atoms with Crippen molar-refractivity contribution < 1.29 is 8.42 Å². The van der Waals surface area contributed by atoms with Gasteiger partial charge in [-0.2, -0.15) is 4.31 Å². The minimum Gasteiger partial charge on any atom is -0.377 e. The monoisotopic (exact) mass is 460 g/mol. The summed E-state index contributed by atoms with van der Waals surface area (Å²) in [6.45, 7) is 4.23. The van der Waals surface area contributed by atoms with Crippen LogP contribution in [0.5, 0.6) is 0 Å². The van der Waals surface area contributed by atoms with E-state index >= 15 is 0 Å². The summed E-state index contributed by atoms with van der Waals surface area (Å²) in [6.07, 6.45) is 1.83. The maximum Gasteiger partial charge on any atom is 0.243 e. The van der Waals surface area contributed by atoms with Gasteiger partial charge in [0.25, 0.3) is 0 Å². The number of pyridine rings is 1. The van der Waals surface area contributed by atoms with E-state index in [0.29, 0.717) is 31.1 Å². The average molecular weight is 461 g/mol. The van der Waals surface area contributed by atoms with Crippen LogP contribution in [0.2, 0.25) is 0 Å². The highest BCUT2D eigenvalue weighted by Crippen LogP contribution is 2.33. The van der Waals surface area contributed by atoms with E-state index in [9.17, 15) is 8.42 Å². The SMILES string of the molecule is Cc1ccc2c(N3CCN(S(=O)(=O)c4cccc5c(N(C)C)cccc45)CC3)ccnc2c1. The molecular formula is C26H28N4O2S. The van der Waals surface area contributed by atoms with E-state index in [1.54, 1.807) is 10.4 Å². The number of nitrogens with zero attached hydrogens (tertiary/aromatic N) is 4. The number of hydrogen-bond acceptors (Lipinski definition) is 5. The highest BCUT2D eigenvalue weighted by Gasteiger charge is 2.30. The van der Waals surface area contributed by atoms with E-state index < -0.39 is 10.0 Å². The van der Waals surface area contributed by atoms with Crippen LogP contribution in [0.15, 0.2) is 71.8 Å². The molecule has 0 bridgehead atoms. The van der Waals surface area contributed by atoms with Gasteiger partial charge in [-0.05, 0) is 36.8 Å². The fourth-order valence-electron chi connectivity index (χ4n) is 4.71. The molecule has 0 aliphatic carbocycles. The molecule has 1 saturated heterocycles. The van der Waals surface area contributed by atoms with Crippen molar-refractivity contribution in [3.63, 3.8) is 0 Å². The minimum atomic E-state index is -3.61. The normalized spacial score (nSPS) is 15.3. The third kappa shape index (κ3) is 3.81. The maximum atomic E-state index is 13.7. The molecule has 1 aromatic heterocycles. The number of fused-ring (bicyclic) bond motifs is 2. The second-order valence-corrected chi connectivity index (χ2v) is 10.7. The number of aromatic nitrogens is 1. The summed E-state index contributed by atoms with van der Waals surface area (Å²) in [5, 5.41) is 2.81. The summed E-state index contributed by atoms with van der Waals surface area (Å²) in [5.74, 6) is 0. The first-order valence-corrected chi connectivity index (χ1v) is 12.6. The molecule has 1 aliphatic heterocycles. The molecule has 5 rings (SSSR count). The van der Waals surface area contributed by atoms with Crippen LogP contribution in [-0.2, 0) is 10.0 Å². The fraction of sp³-hybridized carbons (Fsp3) is 0.269. The molecule has 170 valence electrons. The second-order valence-electron chi connectivity index (χ2n) is 8.76. The molecule has 33 heavy (non-hydrogen) atoms. The molecule has 3 aromatic carbocycles. The summed E-state index contributed by atoms with van der Waals surface area (Å²) in [7, 11) is 0.334. The van der Waals surface area contributed by atoms with Crippen LogP contribution in [0.3, 0.4) is 0 Å². The van der Waals surface area contributed by atoms with Crippen LogP contribution in [0.4, 0.5) is 11.4 Å². The van der Waals surface area contributed by atoms with E-state index in [1.807, 2.05) is 61.6 Å². The van der Waals surface area contributed by atoms with Crippen LogP contribution in [0.25, 0.3) is 21.7 Å². The van der Waals surface area contributed by atoms with Crippen molar-refractivity contribution in [3.05, 3.63) is 72.4 Å². The van der Waals surface area contributed by atoms with Gasteiger partial charge in [-0.3, -0.25) is 4.98 Å². The predicted octanol–water partition coefficient (Wildman–Crippen LogP) is 4.27. The molecule has 0 N–H and O–H groups in total. The smallest absolute Gasteiger partial charge is 0.243 e. The zero-order valence-corrected chi connectivity index (χ0v) is 20.0. The zero-order chi connectivity index (χ0) is 23.2. The van der Waals surface area contributed by atoms with Gasteiger partial charge >= 0.3 is 0 Å². The standard InChI is InChI=1S/C26H28N4O2S/c1-19-10-11-22-23(18-19)27-13-12-25(22)29-14-16-30(17-15-29)33(31,32)26-9-5-6-20-21(26)7-4-8-24(20)28(2)3/h4-13,18H,14-17H2,1-3H3. The highest BCUT2D eigenvalue weighted by molar-refractivity contribution is 7.89. The van der Waals surface area contributed by atoms with Gasteiger partial charge in [0, 0.05) is 74.0 Å². The van der Waals surface area contributed by atoms with Gasteiger partial charge in [0.2, 0.25) is 10.0 Å². The zero-order valence-electron chi connectivity index (χ0n) is 19.2. The van der Waals surface area contributed by atoms with E-state index in [1.165, 1.54) is 5.56 Å². The molecule has 1 aliphatic rings. The molecule has 0 amide bonds. The lowest BCUT2D eigenvalue weighted by atomic mass is 10.1. The fourth-order valence-corrected chi connectivity index (χ4v) is 6.34. The average Bonchev–Trinajstić information content (AvgIpc) is 2.82. The number of piperazine rings is 1. The van der Waals surface area contributed by atoms with E-state index in [4.69, 9.17) is 0 Å². The van der Waals surface area contributed by atoms with Crippen LogP contribution in [0, 0.1) is 6.92 Å². The topological polar surface area (TPSA) is 56.8 Å². The first-order chi connectivity index (χ1) is 15.9. The largest absolute Gasteiger partial charge is 0.377 e. The number of benzene rings is 3. The summed E-state index contributed by atoms with van der Waals surface area (Å²) >= 11 is 0. The van der Waals surface area contributed by atoms with Gasteiger partial charge in [0.05, 0.1) is 10.4 Å². The van der Waals surface area contributed by atoms with Crippen molar-refractivity contribution in [1.82, 2.24) is 9.29 Å². The Balaban J connectivity index is 1.44. The van der Waals surface area contributed by atoms with Crippen molar-refractivity contribution in [3.8, 4) is 0 Å². The second kappa shape index (κ2) is 8.32. The summed E-state index contributed by atoms with van der Waals surface area (Å²) < 4.78 is 28.9. The maximum absolute atomic E-state index is 13.7. The Morgan fingerprint density at radius 2 is 1.58 bits per heavy atom. The van der Waals surface area contributed by atoms with Crippen LogP contribution >= 0.6 is 0 Å². The van der Waals surface area contributed by atoms with Gasteiger partial charge in [-0.15, -0.1) is 0 Å². The lowest BCUT2D eigenvalue weighted by molar-refractivity contribution is 0.385. The minimum absolute atomic E-state index is 0.377. The summed E-state index contributed by atoms with van der Waals surface area (Å²) in [6, 6.07) is 19.7. The molecule has 1 fully saturated rings. The van der Waals surface area contributed by atoms with Gasteiger partial charge in [0.15, 0.2) is 0 Å². The van der Waals surface area contributed by atoms with E-state index in [2.05, 4.69) is 35.0 Å². The molecule has 0 unspecified atom stereocenters. The first-order valence-electron chi connectivity index (χ1n) is 11.2. The quantitative estimate of drug-likeness (QED) is 0.455. The highest BCUT2D eigenvalue weighted by atomic mass is 32.2. The van der Waals surface area contributed by atoms with Crippen LogP contribution in [-0.4, -0.2) is 58.0 Å².